The van der Waals surface area contributed by atoms with Crippen LogP contribution in [0.15, 0.2) is 23.2 Å². The summed E-state index contributed by atoms with van der Waals surface area (Å²) in [5.74, 6) is -0.0754. The third kappa shape index (κ3) is 6.50. The van der Waals surface area contributed by atoms with Gasteiger partial charge in [0.2, 0.25) is 5.91 Å². The summed E-state index contributed by atoms with van der Waals surface area (Å²) in [5, 5.41) is 3.30. The zero-order valence-electron chi connectivity index (χ0n) is 20.9. The lowest BCUT2D eigenvalue weighted by Crippen LogP contribution is -2.41. The average molecular weight is 561 g/mol. The number of fused-ring (bicyclic) bond motifs is 1. The van der Waals surface area contributed by atoms with Gasteiger partial charge in [-0.05, 0) is 36.8 Å². The molecule has 13 heteroatoms. The Bertz CT molecular complexity index is 1210. The van der Waals surface area contributed by atoms with E-state index in [-0.39, 0.29) is 53.9 Å². The van der Waals surface area contributed by atoms with Crippen LogP contribution in [0.25, 0.3) is 0 Å². The van der Waals surface area contributed by atoms with Gasteiger partial charge < -0.3 is 10.1 Å². The smallest absolute Gasteiger partial charge is 0.368 e. The number of hydrogen-bond donors (Lipinski definition) is 1. The number of nitrogens with zero attached hydrogens (tertiary/aromatic N) is 3. The van der Waals surface area contributed by atoms with Crippen LogP contribution in [0.5, 0.6) is 0 Å². The molecule has 0 bridgehead atoms. The average Bonchev–Trinajstić information content (AvgIpc) is 3.35. The first-order valence-electron chi connectivity index (χ1n) is 12.3. The Morgan fingerprint density at radius 2 is 2.05 bits per heavy atom. The van der Waals surface area contributed by atoms with Gasteiger partial charge in [-0.1, -0.05) is 20.8 Å². The van der Waals surface area contributed by atoms with Gasteiger partial charge in [-0.15, -0.1) is 11.3 Å². The third-order valence-corrected chi connectivity index (χ3v) is 9.42. The summed E-state index contributed by atoms with van der Waals surface area (Å²) in [5.41, 5.74) is 1.35. The highest BCUT2D eigenvalue weighted by atomic mass is 32.2. The van der Waals surface area contributed by atoms with Crippen molar-refractivity contribution in [3.63, 3.8) is 0 Å². The Labute approximate surface area is 218 Å². The number of aromatic nitrogens is 2. The molecule has 1 fully saturated rings. The monoisotopic (exact) mass is 560 g/mol. The second-order valence-corrected chi connectivity index (χ2v) is 13.2. The summed E-state index contributed by atoms with van der Waals surface area (Å²) in [6.07, 6.45) is -4.29. The number of halogens is 3. The van der Waals surface area contributed by atoms with Gasteiger partial charge in [0.1, 0.15) is 0 Å². The van der Waals surface area contributed by atoms with Crippen LogP contribution in [0.3, 0.4) is 0 Å². The van der Waals surface area contributed by atoms with E-state index >= 15 is 0 Å². The molecule has 2 aromatic heterocycles. The minimum absolute atomic E-state index is 0.00645. The summed E-state index contributed by atoms with van der Waals surface area (Å²) in [6.45, 7) is 7.06. The van der Waals surface area contributed by atoms with Crippen molar-refractivity contribution in [2.24, 2.45) is 11.8 Å². The van der Waals surface area contributed by atoms with E-state index in [0.717, 1.165) is 10.6 Å². The maximum Gasteiger partial charge on any atom is 0.414 e. The van der Waals surface area contributed by atoms with Gasteiger partial charge in [-0.3, -0.25) is 14.7 Å². The number of carbonyl (C=O) groups excluding carboxylic acids is 1. The maximum absolute atomic E-state index is 12.9. The molecule has 4 rings (SSSR count). The number of carbonyl (C=O) groups is 1. The molecular weight excluding hydrogens is 529 g/mol. The van der Waals surface area contributed by atoms with E-state index in [0.29, 0.717) is 30.3 Å². The Morgan fingerprint density at radius 3 is 2.62 bits per heavy atom. The SMILES string of the molecule is CCS(=O)(=O)c1ccc(CC(=O)Nc2nc3c(s2)CN(C[C@@H]2CC[C@@H](C(F)(F)F)OC2)[C@H]3C(C)C)nc1. The van der Waals surface area contributed by atoms with Gasteiger partial charge in [0.15, 0.2) is 21.1 Å². The van der Waals surface area contributed by atoms with Crippen molar-refractivity contribution >= 4 is 32.2 Å². The van der Waals surface area contributed by atoms with E-state index in [4.69, 9.17) is 4.74 Å². The number of sulfone groups is 1. The number of hydrogen-bond acceptors (Lipinski definition) is 8. The Kier molecular flexibility index (Phi) is 8.27. The van der Waals surface area contributed by atoms with E-state index in [1.54, 1.807) is 6.92 Å². The minimum atomic E-state index is -4.32. The molecule has 2 aliphatic rings. The van der Waals surface area contributed by atoms with Crippen LogP contribution < -0.4 is 5.32 Å². The molecule has 8 nitrogen and oxygen atoms in total. The normalized spacial score (nSPS) is 22.8. The van der Waals surface area contributed by atoms with Crippen molar-refractivity contribution in [3.8, 4) is 0 Å². The molecule has 0 aliphatic carbocycles. The molecule has 1 N–H and O–H groups in total. The van der Waals surface area contributed by atoms with Crippen LogP contribution in [0, 0.1) is 11.8 Å². The lowest BCUT2D eigenvalue weighted by molar-refractivity contribution is -0.236. The zero-order valence-corrected chi connectivity index (χ0v) is 22.5. The minimum Gasteiger partial charge on any atom is -0.368 e. The Hall–Kier alpha value is -2.09. The van der Waals surface area contributed by atoms with Crippen LogP contribution in [0.2, 0.25) is 0 Å². The second kappa shape index (κ2) is 11.0. The fourth-order valence-corrected chi connectivity index (χ4v) is 6.73. The molecular formula is C24H31F3N4O4S2. The fraction of sp³-hybridized carbons (Fsp3) is 0.625. The first-order valence-corrected chi connectivity index (χ1v) is 14.7. The maximum atomic E-state index is 12.9. The van der Waals surface area contributed by atoms with Crippen molar-refractivity contribution in [2.45, 2.75) is 69.8 Å². The van der Waals surface area contributed by atoms with E-state index in [2.05, 4.69) is 34.0 Å². The predicted octanol–water partition coefficient (Wildman–Crippen LogP) is 4.38. The van der Waals surface area contributed by atoms with E-state index in [9.17, 15) is 26.4 Å². The number of thiazole rings is 1. The van der Waals surface area contributed by atoms with Crippen molar-refractivity contribution in [1.82, 2.24) is 14.9 Å². The summed E-state index contributed by atoms with van der Waals surface area (Å²) < 4.78 is 67.7. The number of ether oxygens (including phenoxy) is 1. The van der Waals surface area contributed by atoms with Crippen molar-refractivity contribution in [1.29, 1.82) is 0 Å². The Balaban J connectivity index is 1.35. The molecule has 2 aliphatic heterocycles. The summed E-state index contributed by atoms with van der Waals surface area (Å²) in [7, 11) is -3.35. The number of nitrogens with one attached hydrogen (secondary N) is 1. The van der Waals surface area contributed by atoms with Crippen LogP contribution in [0.1, 0.15) is 55.9 Å². The van der Waals surface area contributed by atoms with Gasteiger partial charge in [-0.25, -0.2) is 13.4 Å². The lowest BCUT2D eigenvalue weighted by Gasteiger charge is -2.35. The van der Waals surface area contributed by atoms with Crippen LogP contribution in [0.4, 0.5) is 18.3 Å². The predicted molar refractivity (Wildman–Crippen MR) is 133 cm³/mol. The molecule has 0 saturated carbocycles. The quantitative estimate of drug-likeness (QED) is 0.511. The van der Waals surface area contributed by atoms with Gasteiger partial charge >= 0.3 is 6.18 Å². The molecule has 2 aromatic rings. The van der Waals surface area contributed by atoms with Gasteiger partial charge in [0, 0.05) is 29.9 Å². The first kappa shape index (κ1) is 27.9. The number of alkyl halides is 3. The number of anilines is 1. The third-order valence-electron chi connectivity index (χ3n) is 6.73. The molecule has 0 spiro atoms. The van der Waals surface area contributed by atoms with Gasteiger partial charge in [0.25, 0.3) is 0 Å². The number of amides is 1. The molecule has 3 atom stereocenters. The standard InChI is InChI=1S/C24H31F3N4O4S2/c1-4-37(33,34)17-7-6-16(28-10-17)9-20(32)29-23-30-21-18(36-23)12-31(22(21)14(2)3)11-15-5-8-19(35-13-15)24(25,26)27/h6-7,10,14-15,19,22H,4-5,8-9,11-13H2,1-3H3,(H,29,30,32)/t15-,19-,22-/m0/s1. The van der Waals surface area contributed by atoms with E-state index in [1.165, 1.54) is 29.7 Å². The van der Waals surface area contributed by atoms with Crippen molar-refractivity contribution in [2.75, 3.05) is 24.2 Å². The number of pyridine rings is 1. The molecule has 37 heavy (non-hydrogen) atoms. The lowest BCUT2D eigenvalue weighted by atomic mass is 9.95. The highest BCUT2D eigenvalue weighted by Gasteiger charge is 2.44. The largest absolute Gasteiger partial charge is 0.414 e. The van der Waals surface area contributed by atoms with Crippen LogP contribution in [-0.4, -0.2) is 60.4 Å². The van der Waals surface area contributed by atoms with Gasteiger partial charge in [0.05, 0.1) is 35.4 Å². The van der Waals surface area contributed by atoms with E-state index in [1.807, 2.05) is 0 Å². The topological polar surface area (TPSA) is 101 Å². The molecule has 4 heterocycles. The van der Waals surface area contributed by atoms with Gasteiger partial charge in [-0.2, -0.15) is 13.2 Å². The second-order valence-electron chi connectivity index (χ2n) is 9.87. The molecule has 1 saturated heterocycles. The first-order chi connectivity index (χ1) is 17.4. The summed E-state index contributed by atoms with van der Waals surface area (Å²) >= 11 is 1.40. The molecule has 1 amide bonds. The highest BCUT2D eigenvalue weighted by Crippen LogP contribution is 2.43. The fourth-order valence-electron chi connectivity index (χ4n) is 4.87. The van der Waals surface area contributed by atoms with Crippen molar-refractivity contribution in [3.05, 3.63) is 34.6 Å². The highest BCUT2D eigenvalue weighted by molar-refractivity contribution is 7.91. The summed E-state index contributed by atoms with van der Waals surface area (Å²) in [4.78, 5) is 24.8. The van der Waals surface area contributed by atoms with Crippen LogP contribution >= 0.6 is 11.3 Å². The molecule has 0 radical (unpaired) electrons. The molecule has 0 aromatic carbocycles. The van der Waals surface area contributed by atoms with E-state index < -0.39 is 22.1 Å². The zero-order chi connectivity index (χ0) is 27.0. The molecule has 204 valence electrons. The summed E-state index contributed by atoms with van der Waals surface area (Å²) in [6, 6.07) is 2.99. The number of rotatable bonds is 8. The Morgan fingerprint density at radius 1 is 1.30 bits per heavy atom. The van der Waals surface area contributed by atoms with Crippen LogP contribution in [-0.2, 0) is 32.3 Å². The molecule has 0 unspecified atom stereocenters. The van der Waals surface area contributed by atoms with Crippen molar-refractivity contribution < 1.29 is 31.1 Å².